The third kappa shape index (κ3) is 6.99. The highest BCUT2D eigenvalue weighted by atomic mass is 16.5. The quantitative estimate of drug-likeness (QED) is 0.139. The van der Waals surface area contributed by atoms with Gasteiger partial charge in [0.2, 0.25) is 0 Å². The van der Waals surface area contributed by atoms with Crippen molar-refractivity contribution in [3.63, 3.8) is 0 Å². The van der Waals surface area contributed by atoms with E-state index in [1.54, 1.807) is 14.2 Å². The van der Waals surface area contributed by atoms with Crippen molar-refractivity contribution in [1.82, 2.24) is 19.9 Å². The fourth-order valence-electron chi connectivity index (χ4n) is 7.46. The summed E-state index contributed by atoms with van der Waals surface area (Å²) in [5, 5.41) is 0. The van der Waals surface area contributed by atoms with Crippen molar-refractivity contribution in [3.8, 4) is 101 Å². The Morgan fingerprint density at radius 3 is 0.655 bits per heavy atom. The van der Waals surface area contributed by atoms with Gasteiger partial charge in [-0.2, -0.15) is 0 Å². The fourth-order valence-corrected chi connectivity index (χ4v) is 7.46. The van der Waals surface area contributed by atoms with E-state index < -0.39 is 0 Å². The first kappa shape index (κ1) is 36.0. The van der Waals surface area contributed by atoms with Gasteiger partial charge in [-0.05, 0) is 46.5 Å². The molecule has 6 heteroatoms. The summed E-state index contributed by atoms with van der Waals surface area (Å²) < 4.78 is 13.1. The largest absolute Gasteiger partial charge is 0.495 e. The second kappa shape index (κ2) is 16.2. The second-order valence-electron chi connectivity index (χ2n) is 13.8. The summed E-state index contributed by atoms with van der Waals surface area (Å²) in [5.74, 6) is 1.15. The molecule has 0 saturated carbocycles. The Labute approximate surface area is 338 Å². The average Bonchev–Trinajstić information content (AvgIpc) is 3.32. The minimum Gasteiger partial charge on any atom is -0.495 e. The molecule has 4 heterocycles. The van der Waals surface area contributed by atoms with E-state index in [1.165, 1.54) is 0 Å². The molecule has 58 heavy (non-hydrogen) atoms. The van der Waals surface area contributed by atoms with E-state index in [1.807, 2.05) is 122 Å². The Kier molecular flexibility index (Phi) is 10.0. The molecule has 0 fully saturated rings. The first-order chi connectivity index (χ1) is 28.7. The van der Waals surface area contributed by atoms with E-state index in [0.29, 0.717) is 34.3 Å². The molecule has 6 nitrogen and oxygen atoms in total. The van der Waals surface area contributed by atoms with Crippen LogP contribution in [0.15, 0.2) is 195 Å². The summed E-state index contributed by atoms with van der Waals surface area (Å²) in [7, 11) is 3.38. The summed E-state index contributed by atoms with van der Waals surface area (Å²) >= 11 is 0. The molecular formula is C52H38N4O2. The van der Waals surface area contributed by atoms with E-state index in [4.69, 9.17) is 29.4 Å². The third-order valence-electron chi connectivity index (χ3n) is 10.3. The van der Waals surface area contributed by atoms with Crippen molar-refractivity contribution in [1.29, 1.82) is 0 Å². The van der Waals surface area contributed by atoms with Crippen molar-refractivity contribution in [2.24, 2.45) is 0 Å². The van der Waals surface area contributed by atoms with Gasteiger partial charge in [-0.3, -0.25) is 19.9 Å². The van der Waals surface area contributed by atoms with Crippen LogP contribution < -0.4 is 9.47 Å². The van der Waals surface area contributed by atoms with E-state index in [-0.39, 0.29) is 0 Å². The number of pyridine rings is 4. The van der Waals surface area contributed by atoms with Crippen molar-refractivity contribution in [2.45, 2.75) is 0 Å². The number of hydrogen-bond donors (Lipinski definition) is 0. The molecule has 0 aliphatic rings. The summed E-state index contributed by atoms with van der Waals surface area (Å²) in [5.41, 5.74) is 14.0. The van der Waals surface area contributed by atoms with Crippen LogP contribution in [-0.2, 0) is 0 Å². The highest BCUT2D eigenvalue weighted by Crippen LogP contribution is 2.55. The zero-order valence-electron chi connectivity index (χ0n) is 32.1. The number of methoxy groups -OCH3 is 2. The first-order valence-electron chi connectivity index (χ1n) is 19.1. The van der Waals surface area contributed by atoms with Gasteiger partial charge in [0.15, 0.2) is 0 Å². The summed E-state index contributed by atoms with van der Waals surface area (Å²) in [6, 6.07) is 57.4. The van der Waals surface area contributed by atoms with Gasteiger partial charge in [-0.15, -0.1) is 0 Å². The van der Waals surface area contributed by atoms with Crippen LogP contribution >= 0.6 is 0 Å². The molecular weight excluding hydrogens is 713 g/mol. The lowest BCUT2D eigenvalue weighted by molar-refractivity contribution is 0.408. The smallest absolute Gasteiger partial charge is 0.139 e. The van der Waals surface area contributed by atoms with Gasteiger partial charge < -0.3 is 9.47 Å². The van der Waals surface area contributed by atoms with Crippen molar-refractivity contribution in [3.05, 3.63) is 195 Å². The monoisotopic (exact) mass is 750 g/mol. The maximum absolute atomic E-state index is 6.53. The fraction of sp³-hybridized carbons (Fsp3) is 0.0385. The van der Waals surface area contributed by atoms with Crippen LogP contribution in [0.1, 0.15) is 0 Å². The number of aromatic nitrogens is 4. The number of rotatable bonds is 10. The van der Waals surface area contributed by atoms with E-state index in [2.05, 4.69) is 72.8 Å². The maximum Gasteiger partial charge on any atom is 0.139 e. The Balaban J connectivity index is 1.32. The Morgan fingerprint density at radius 1 is 0.259 bits per heavy atom. The lowest BCUT2D eigenvalue weighted by atomic mass is 9.87. The third-order valence-corrected chi connectivity index (χ3v) is 10.3. The van der Waals surface area contributed by atoms with Crippen LogP contribution in [0.3, 0.4) is 0 Å². The molecule has 0 amide bonds. The van der Waals surface area contributed by atoms with Gasteiger partial charge in [-0.25, -0.2) is 0 Å². The van der Waals surface area contributed by atoms with Gasteiger partial charge >= 0.3 is 0 Å². The van der Waals surface area contributed by atoms with Gasteiger partial charge in [0.25, 0.3) is 0 Å². The molecule has 4 aromatic heterocycles. The topological polar surface area (TPSA) is 70.0 Å². The molecule has 0 unspecified atom stereocenters. The van der Waals surface area contributed by atoms with Crippen LogP contribution in [0.25, 0.3) is 89.5 Å². The molecule has 0 aliphatic heterocycles. The summed E-state index contributed by atoms with van der Waals surface area (Å²) in [6.07, 6.45) is 7.60. The normalized spacial score (nSPS) is 10.9. The molecule has 0 aliphatic carbocycles. The molecule has 0 atom stereocenters. The Bertz CT molecular complexity index is 2390. The molecule has 9 rings (SSSR count). The maximum atomic E-state index is 6.53. The first-order valence-corrected chi connectivity index (χ1v) is 19.1. The summed E-state index contributed by atoms with van der Waals surface area (Å²) in [4.78, 5) is 20.4. The molecule has 0 N–H and O–H groups in total. The van der Waals surface area contributed by atoms with Gasteiger partial charge in [0, 0.05) is 47.0 Å². The van der Waals surface area contributed by atoms with E-state index in [0.717, 1.165) is 66.8 Å². The summed E-state index contributed by atoms with van der Waals surface area (Å²) in [6.45, 7) is 0. The van der Waals surface area contributed by atoms with Gasteiger partial charge in [0.05, 0.1) is 59.2 Å². The number of nitrogens with zero attached hydrogens (tertiary/aromatic N) is 4. The zero-order valence-corrected chi connectivity index (χ0v) is 32.1. The Morgan fingerprint density at radius 2 is 0.483 bits per heavy atom. The molecule has 0 saturated heterocycles. The van der Waals surface area contributed by atoms with E-state index in [9.17, 15) is 0 Å². The predicted molar refractivity (Wildman–Crippen MR) is 234 cm³/mol. The van der Waals surface area contributed by atoms with Crippen LogP contribution in [-0.4, -0.2) is 34.2 Å². The Hall–Kier alpha value is -7.70. The highest BCUT2D eigenvalue weighted by Gasteiger charge is 2.31. The molecule has 278 valence electrons. The van der Waals surface area contributed by atoms with Crippen LogP contribution in [0, 0.1) is 0 Å². The zero-order chi connectivity index (χ0) is 39.3. The minimum absolute atomic E-state index is 0.577. The van der Waals surface area contributed by atoms with Crippen LogP contribution in [0.4, 0.5) is 0 Å². The number of ether oxygens (including phenoxy) is 2. The van der Waals surface area contributed by atoms with Gasteiger partial charge in [-0.1, -0.05) is 146 Å². The van der Waals surface area contributed by atoms with Crippen molar-refractivity contribution in [2.75, 3.05) is 14.2 Å². The number of benzene rings is 5. The number of hydrogen-bond acceptors (Lipinski definition) is 6. The van der Waals surface area contributed by atoms with Crippen LogP contribution in [0.5, 0.6) is 11.5 Å². The average molecular weight is 751 g/mol. The molecule has 0 spiro atoms. The molecule has 5 aromatic carbocycles. The minimum atomic E-state index is 0.577. The van der Waals surface area contributed by atoms with Gasteiger partial charge in [0.1, 0.15) is 11.5 Å². The highest BCUT2D eigenvalue weighted by molar-refractivity contribution is 6.04. The molecule has 0 bridgehead atoms. The standard InChI is InChI=1S/C52H38N4O2/c1-57-51-47(43-27-23-39(31-53-43)35-15-7-3-8-16-35)49(45-29-25-41(33-55-45)37-19-11-5-12-20-37)52(58-2)50(46-30-26-42(34-56-46)38-21-13-6-14-22-38)48(51)44-28-24-40(32-54-44)36-17-9-4-10-18-36/h3-34H,1-2H3. The van der Waals surface area contributed by atoms with Crippen molar-refractivity contribution < 1.29 is 9.47 Å². The SMILES string of the molecule is COc1c(-c2ccc(-c3ccccc3)cn2)c(-c2ccc(-c3ccccc3)cn2)c(OC)c(-c2ccc(-c3ccccc3)cn2)c1-c1ccc(-c2ccccc2)cn1. The second-order valence-corrected chi connectivity index (χ2v) is 13.8. The predicted octanol–water partition coefficient (Wildman–Crippen LogP) is 12.6. The van der Waals surface area contributed by atoms with Crippen LogP contribution in [0.2, 0.25) is 0 Å². The van der Waals surface area contributed by atoms with Crippen molar-refractivity contribution >= 4 is 0 Å². The molecule has 0 radical (unpaired) electrons. The molecule has 9 aromatic rings. The lowest BCUT2D eigenvalue weighted by Crippen LogP contribution is -2.05. The van der Waals surface area contributed by atoms with E-state index >= 15 is 0 Å². The lowest BCUT2D eigenvalue weighted by Gasteiger charge is -2.25.